The van der Waals surface area contributed by atoms with Crippen molar-refractivity contribution in [3.05, 3.63) is 66.0 Å². The summed E-state index contributed by atoms with van der Waals surface area (Å²) in [5.74, 6) is -3.67. The highest BCUT2D eigenvalue weighted by Crippen LogP contribution is 2.50. The Balaban J connectivity index is 1.38. The molecule has 5 unspecified atom stereocenters. The summed E-state index contributed by atoms with van der Waals surface area (Å²) >= 11 is 0. The molecule has 2 aliphatic carbocycles. The number of hydrogen-bond donors (Lipinski definition) is 1. The lowest BCUT2D eigenvalue weighted by molar-refractivity contribution is -0.151. The van der Waals surface area contributed by atoms with Gasteiger partial charge in [-0.2, -0.15) is 8.42 Å². The van der Waals surface area contributed by atoms with Gasteiger partial charge in [-0.25, -0.2) is 12.8 Å². The van der Waals surface area contributed by atoms with Crippen molar-refractivity contribution in [1.29, 1.82) is 0 Å². The fourth-order valence-electron chi connectivity index (χ4n) is 6.13. The molecule has 0 spiro atoms. The fraction of sp³-hybridized carbons (Fsp3) is 0.346. The van der Waals surface area contributed by atoms with Crippen LogP contribution in [0.25, 0.3) is 0 Å². The number of rotatable bonds is 5. The minimum absolute atomic E-state index is 0.00488. The van der Waals surface area contributed by atoms with E-state index in [1.165, 1.54) is 37.4 Å². The van der Waals surface area contributed by atoms with Gasteiger partial charge in [-0.05, 0) is 54.2 Å². The Hall–Kier alpha value is -3.58. The van der Waals surface area contributed by atoms with Crippen molar-refractivity contribution in [2.24, 2.45) is 28.1 Å². The smallest absolute Gasteiger partial charge is 0.286 e. The molecule has 1 saturated heterocycles. The molecule has 10 nitrogen and oxygen atoms in total. The third-order valence-corrected chi connectivity index (χ3v) is 10.6. The summed E-state index contributed by atoms with van der Waals surface area (Å²) in [6.07, 6.45) is 5.71. The monoisotopic (exact) mass is 572 g/mol. The van der Waals surface area contributed by atoms with Crippen LogP contribution in [-0.4, -0.2) is 58.6 Å². The van der Waals surface area contributed by atoms with Crippen LogP contribution in [0.2, 0.25) is 0 Å². The number of amides is 1. The highest BCUT2D eigenvalue weighted by molar-refractivity contribution is 7.92. The number of carbonyl (C=O) groups excluding carboxylic acids is 2. The van der Waals surface area contributed by atoms with Crippen molar-refractivity contribution in [2.75, 3.05) is 22.9 Å². The van der Waals surface area contributed by atoms with Crippen molar-refractivity contribution in [2.45, 2.75) is 23.9 Å². The van der Waals surface area contributed by atoms with E-state index < -0.39 is 43.6 Å². The first-order valence-electron chi connectivity index (χ1n) is 12.3. The molecule has 1 saturated carbocycles. The number of hydrogen-bond acceptors (Lipinski definition) is 7. The van der Waals surface area contributed by atoms with E-state index in [1.807, 2.05) is 12.2 Å². The van der Waals surface area contributed by atoms with Gasteiger partial charge in [0.2, 0.25) is 15.9 Å². The van der Waals surface area contributed by atoms with E-state index in [4.69, 9.17) is 0 Å². The number of anilines is 2. The Bertz CT molecular complexity index is 1690. The van der Waals surface area contributed by atoms with Crippen LogP contribution < -0.4 is 9.62 Å². The lowest BCUT2D eigenvalue weighted by Crippen LogP contribution is -2.61. The van der Waals surface area contributed by atoms with Gasteiger partial charge in [0.05, 0.1) is 17.6 Å². The summed E-state index contributed by atoms with van der Waals surface area (Å²) in [7, 11) is -6.73. The van der Waals surface area contributed by atoms with Crippen LogP contribution in [0.4, 0.5) is 15.8 Å². The molecular formula is C26H25FN4O6S2. The van der Waals surface area contributed by atoms with Crippen LogP contribution in [-0.2, 0) is 36.2 Å². The number of allylic oxidation sites excluding steroid dienone is 1. The maximum atomic E-state index is 13.9. The number of Topliss-reactive ketones (excluding diaryl/α,β-unsaturated/α-hetero) is 1. The predicted octanol–water partition coefficient (Wildman–Crippen LogP) is 2.15. The molecule has 2 bridgehead atoms. The maximum absolute atomic E-state index is 13.9. The van der Waals surface area contributed by atoms with Gasteiger partial charge in [0.15, 0.2) is 11.7 Å². The average Bonchev–Trinajstić information content (AvgIpc) is 3.49. The Morgan fingerprint density at radius 1 is 1.10 bits per heavy atom. The molecule has 4 aliphatic rings. The molecule has 1 amide bonds. The fourth-order valence-corrected chi connectivity index (χ4v) is 7.80. The molecule has 13 heteroatoms. The third kappa shape index (κ3) is 4.15. The maximum Gasteiger partial charge on any atom is 0.286 e. The van der Waals surface area contributed by atoms with Gasteiger partial charge < -0.3 is 10.2 Å². The molecule has 2 heterocycles. The van der Waals surface area contributed by atoms with E-state index in [-0.39, 0.29) is 52.3 Å². The first-order valence-corrected chi connectivity index (χ1v) is 15.6. The number of benzene rings is 2. The standard InChI is InChI=1S/C26H25FN4O6S2/c1-30(38(2,34)35)18-9-10-19-20(12-18)39(36,37)29-25(28-19)22-24(32)21-15-5-6-16(11-15)23(21)31(26(22)33)13-14-3-7-17(27)8-4-14/h3-10,12,15-16,21-23H,11,13H2,1-2H3,(H,28,29). The molecule has 204 valence electrons. The van der Waals surface area contributed by atoms with Crippen molar-refractivity contribution in [3.8, 4) is 0 Å². The number of carbonyl (C=O) groups is 2. The lowest BCUT2D eigenvalue weighted by Gasteiger charge is -2.44. The van der Waals surface area contributed by atoms with E-state index in [0.29, 0.717) is 5.56 Å². The molecule has 0 radical (unpaired) electrons. The van der Waals surface area contributed by atoms with Crippen LogP contribution in [0, 0.1) is 29.5 Å². The third-order valence-electron chi connectivity index (χ3n) is 8.05. The van der Waals surface area contributed by atoms with Gasteiger partial charge in [-0.15, -0.1) is 4.40 Å². The molecular weight excluding hydrogens is 547 g/mol. The Kier molecular flexibility index (Phi) is 5.74. The van der Waals surface area contributed by atoms with Crippen LogP contribution in [0.5, 0.6) is 0 Å². The van der Waals surface area contributed by atoms with Crippen LogP contribution >= 0.6 is 0 Å². The number of ketones is 1. The minimum atomic E-state index is -4.38. The van der Waals surface area contributed by atoms with Crippen molar-refractivity contribution in [1.82, 2.24) is 4.90 Å². The molecule has 39 heavy (non-hydrogen) atoms. The molecule has 2 aromatic carbocycles. The zero-order chi connectivity index (χ0) is 27.9. The van der Waals surface area contributed by atoms with Crippen molar-refractivity contribution in [3.63, 3.8) is 0 Å². The minimum Gasteiger partial charge on any atom is -0.341 e. The van der Waals surface area contributed by atoms with E-state index in [9.17, 15) is 30.8 Å². The van der Waals surface area contributed by atoms with Gasteiger partial charge >= 0.3 is 0 Å². The van der Waals surface area contributed by atoms with Gasteiger partial charge in [0, 0.05) is 25.6 Å². The van der Waals surface area contributed by atoms with Gasteiger partial charge in [-0.1, -0.05) is 24.3 Å². The van der Waals surface area contributed by atoms with Crippen molar-refractivity contribution >= 4 is 48.9 Å². The molecule has 2 aliphatic heterocycles. The second-order valence-electron chi connectivity index (χ2n) is 10.4. The van der Waals surface area contributed by atoms with Gasteiger partial charge in [0.25, 0.3) is 10.0 Å². The Labute approximate surface area is 225 Å². The number of sulfonamides is 2. The first kappa shape index (κ1) is 25.7. The lowest BCUT2D eigenvalue weighted by atomic mass is 9.75. The zero-order valence-corrected chi connectivity index (χ0v) is 22.6. The number of fused-ring (bicyclic) bond motifs is 6. The van der Waals surface area contributed by atoms with E-state index >= 15 is 0 Å². The van der Waals surface area contributed by atoms with Crippen LogP contribution in [0.15, 0.2) is 63.9 Å². The number of halogens is 1. The second-order valence-corrected chi connectivity index (χ2v) is 14.0. The largest absolute Gasteiger partial charge is 0.341 e. The molecule has 2 aromatic rings. The number of nitrogens with one attached hydrogen (secondary N) is 1. The summed E-state index contributed by atoms with van der Waals surface area (Å²) in [5, 5.41) is 2.87. The summed E-state index contributed by atoms with van der Waals surface area (Å²) in [6, 6.07) is 9.38. The van der Waals surface area contributed by atoms with Crippen molar-refractivity contribution < 1.29 is 30.8 Å². The number of likely N-dealkylation sites (tertiary alicyclic amines) is 1. The summed E-state index contributed by atoms with van der Waals surface area (Å²) in [4.78, 5) is 29.1. The zero-order valence-electron chi connectivity index (χ0n) is 21.0. The van der Waals surface area contributed by atoms with E-state index in [0.717, 1.165) is 17.0 Å². The highest BCUT2D eigenvalue weighted by Gasteiger charge is 2.59. The second kappa shape index (κ2) is 8.71. The van der Waals surface area contributed by atoms with Crippen LogP contribution in [0.1, 0.15) is 12.0 Å². The molecule has 5 atom stereocenters. The number of amidine groups is 1. The molecule has 1 N–H and O–H groups in total. The Morgan fingerprint density at radius 2 is 1.79 bits per heavy atom. The molecule has 2 fully saturated rings. The summed E-state index contributed by atoms with van der Waals surface area (Å²) < 4.78 is 68.7. The summed E-state index contributed by atoms with van der Waals surface area (Å²) in [6.45, 7) is 0.138. The SMILES string of the molecule is CN(c1ccc2c(c1)S(=O)(=O)N=C(C1C(=O)C3C4C=CC(C4)C3N(Cc3ccc(F)cc3)C1=O)N2)S(C)(=O)=O. The highest BCUT2D eigenvalue weighted by atomic mass is 32.2. The number of nitrogens with zero attached hydrogens (tertiary/aromatic N) is 3. The van der Waals surface area contributed by atoms with Gasteiger partial charge in [0.1, 0.15) is 16.5 Å². The average molecular weight is 573 g/mol. The normalized spacial score (nSPS) is 28.5. The summed E-state index contributed by atoms with van der Waals surface area (Å²) in [5.41, 5.74) is 0.890. The van der Waals surface area contributed by atoms with E-state index in [2.05, 4.69) is 9.71 Å². The molecule has 6 rings (SSSR count). The first-order chi connectivity index (χ1) is 18.3. The topological polar surface area (TPSA) is 133 Å². The van der Waals surface area contributed by atoms with Gasteiger partial charge in [-0.3, -0.25) is 13.9 Å². The number of piperidine rings is 1. The quantitative estimate of drug-likeness (QED) is 0.429. The Morgan fingerprint density at radius 3 is 2.49 bits per heavy atom. The molecule has 0 aromatic heterocycles. The van der Waals surface area contributed by atoms with E-state index in [1.54, 1.807) is 17.0 Å². The predicted molar refractivity (Wildman–Crippen MR) is 141 cm³/mol. The van der Waals surface area contributed by atoms with Crippen LogP contribution in [0.3, 0.4) is 0 Å².